The number of hydrogen-bond acceptors (Lipinski definition) is 4. The molecule has 0 radical (unpaired) electrons. The van der Waals surface area contributed by atoms with Crippen LogP contribution >= 0.6 is 23.2 Å². The summed E-state index contributed by atoms with van der Waals surface area (Å²) in [5, 5.41) is 13.0. The summed E-state index contributed by atoms with van der Waals surface area (Å²) in [6, 6.07) is 16.7. The third-order valence-corrected chi connectivity index (χ3v) is 8.15. The summed E-state index contributed by atoms with van der Waals surface area (Å²) in [7, 11) is 0. The minimum absolute atomic E-state index is 0.0758. The van der Waals surface area contributed by atoms with Crippen LogP contribution in [0.2, 0.25) is 10.0 Å². The number of hydrogen-bond donors (Lipinski definition) is 2. The summed E-state index contributed by atoms with van der Waals surface area (Å²) in [5.41, 5.74) is -1.18. The number of halogens is 8. The second-order valence-electron chi connectivity index (χ2n) is 10.6. The van der Waals surface area contributed by atoms with Crippen molar-refractivity contribution in [3.8, 4) is 0 Å². The van der Waals surface area contributed by atoms with Gasteiger partial charge in [-0.2, -0.15) is 26.3 Å². The molecule has 1 atom stereocenters. The molecular weight excluding hydrogens is 615 g/mol. The molecule has 0 aromatic heterocycles. The third kappa shape index (κ3) is 9.60. The van der Waals surface area contributed by atoms with Crippen LogP contribution in [0.25, 0.3) is 0 Å². The maximum atomic E-state index is 13.2. The van der Waals surface area contributed by atoms with Gasteiger partial charge in [-0.15, -0.1) is 0 Å². The van der Waals surface area contributed by atoms with Gasteiger partial charge in [0.15, 0.2) is 0 Å². The average molecular weight is 647 g/mol. The zero-order chi connectivity index (χ0) is 31.2. The van der Waals surface area contributed by atoms with Crippen molar-refractivity contribution < 1.29 is 31.1 Å². The first kappa shape index (κ1) is 33.1. The molecule has 2 N–H and O–H groups in total. The van der Waals surface area contributed by atoms with Crippen LogP contribution in [0.1, 0.15) is 47.4 Å². The molecule has 0 amide bonds. The van der Waals surface area contributed by atoms with Crippen molar-refractivity contribution >= 4 is 34.6 Å². The number of likely N-dealkylation sites (tertiary alicyclic amines) is 1. The van der Waals surface area contributed by atoms with Gasteiger partial charge >= 0.3 is 12.4 Å². The van der Waals surface area contributed by atoms with Crippen LogP contribution in [0.5, 0.6) is 0 Å². The summed E-state index contributed by atoms with van der Waals surface area (Å²) < 4.78 is 84.9. The second-order valence-corrected chi connectivity index (χ2v) is 11.4. The van der Waals surface area contributed by atoms with Crippen LogP contribution in [0.3, 0.4) is 0 Å². The van der Waals surface area contributed by atoms with Crippen LogP contribution < -0.4 is 5.32 Å². The molecule has 0 aliphatic carbocycles. The Morgan fingerprint density at radius 1 is 0.884 bits per heavy atom. The number of piperidine rings is 1. The van der Waals surface area contributed by atoms with Crippen LogP contribution in [0, 0.1) is 5.41 Å². The minimum atomic E-state index is -4.95. The fraction of sp³-hybridized carbons (Fsp3) is 0.387. The highest BCUT2D eigenvalue weighted by Gasteiger charge is 2.37. The van der Waals surface area contributed by atoms with Crippen molar-refractivity contribution in [2.45, 2.75) is 50.2 Å². The van der Waals surface area contributed by atoms with Crippen molar-refractivity contribution in [2.75, 3.05) is 31.6 Å². The molecule has 3 aromatic rings. The van der Waals surface area contributed by atoms with Crippen LogP contribution in [0.4, 0.5) is 32.0 Å². The van der Waals surface area contributed by atoms with E-state index in [9.17, 15) is 26.3 Å². The Kier molecular flexibility index (Phi) is 11.0. The molecule has 12 heteroatoms. The molecule has 1 fully saturated rings. The van der Waals surface area contributed by atoms with E-state index in [1.54, 1.807) is 18.2 Å². The zero-order valence-corrected chi connectivity index (χ0v) is 24.6. The highest BCUT2D eigenvalue weighted by Crippen LogP contribution is 2.36. The summed E-state index contributed by atoms with van der Waals surface area (Å²) in [4.78, 5) is 2.31. The fourth-order valence-electron chi connectivity index (χ4n) is 5.14. The van der Waals surface area contributed by atoms with E-state index in [4.69, 9.17) is 33.3 Å². The molecule has 232 valence electrons. The monoisotopic (exact) mass is 645 g/mol. The number of nitrogens with one attached hydrogen (secondary N) is 2. The van der Waals surface area contributed by atoms with Crippen molar-refractivity contribution in [3.05, 3.63) is 99.0 Å². The minimum Gasteiger partial charge on any atom is -0.382 e. The van der Waals surface area contributed by atoms with Gasteiger partial charge in [0, 0.05) is 36.4 Å². The van der Waals surface area contributed by atoms with E-state index in [0.717, 1.165) is 37.2 Å². The quantitative estimate of drug-likeness (QED) is 0.161. The van der Waals surface area contributed by atoms with Crippen LogP contribution in [-0.2, 0) is 23.7 Å². The number of para-hydroxylation sites is 1. The number of anilines is 1. The maximum absolute atomic E-state index is 13.2. The molecule has 1 aliphatic rings. The van der Waals surface area contributed by atoms with E-state index in [0.29, 0.717) is 41.2 Å². The first-order valence-corrected chi connectivity index (χ1v) is 14.5. The van der Waals surface area contributed by atoms with Crippen LogP contribution in [0.15, 0.2) is 66.7 Å². The smallest absolute Gasteiger partial charge is 0.382 e. The van der Waals surface area contributed by atoms with Gasteiger partial charge in [-0.1, -0.05) is 47.5 Å². The van der Waals surface area contributed by atoms with E-state index < -0.39 is 36.0 Å². The molecule has 0 saturated carbocycles. The lowest BCUT2D eigenvalue weighted by Gasteiger charge is -2.34. The van der Waals surface area contributed by atoms with Gasteiger partial charge in [-0.25, -0.2) is 0 Å². The maximum Gasteiger partial charge on any atom is 0.416 e. The summed E-state index contributed by atoms with van der Waals surface area (Å²) in [5.74, 6) is -0.442. The van der Waals surface area contributed by atoms with E-state index in [2.05, 4.69) is 10.2 Å². The predicted molar refractivity (Wildman–Crippen MR) is 157 cm³/mol. The van der Waals surface area contributed by atoms with E-state index in [1.807, 2.05) is 30.3 Å². The van der Waals surface area contributed by atoms with Gasteiger partial charge in [0.1, 0.15) is 0 Å². The lowest BCUT2D eigenvalue weighted by atomic mass is 9.90. The Bertz CT molecular complexity index is 1340. The molecule has 0 bridgehead atoms. The molecule has 1 heterocycles. The molecule has 1 unspecified atom stereocenters. The third-order valence-electron chi connectivity index (χ3n) is 7.41. The van der Waals surface area contributed by atoms with Gasteiger partial charge in [0.25, 0.3) is 0 Å². The molecule has 3 aromatic carbocycles. The van der Waals surface area contributed by atoms with Gasteiger partial charge in [-0.3, -0.25) is 0 Å². The number of alkyl halides is 6. The highest BCUT2D eigenvalue weighted by atomic mass is 35.5. The highest BCUT2D eigenvalue weighted by molar-refractivity contribution is 6.42. The molecular formula is C31H31Cl2F6N3O. The van der Waals surface area contributed by atoms with Gasteiger partial charge in [-0.05, 0) is 79.4 Å². The molecule has 1 aliphatic heterocycles. The SMILES string of the molecule is N=C(COCc1cc(C(F)(F)F)cc(C(F)(F)F)c1)C(CCN1CCC(Nc2ccccc2)CC1)c1ccc(Cl)c(Cl)c1. The first-order chi connectivity index (χ1) is 20.3. The first-order valence-electron chi connectivity index (χ1n) is 13.7. The van der Waals surface area contributed by atoms with Crippen molar-refractivity contribution in [3.63, 3.8) is 0 Å². The second kappa shape index (κ2) is 14.3. The lowest BCUT2D eigenvalue weighted by molar-refractivity contribution is -0.143. The van der Waals surface area contributed by atoms with E-state index in [-0.39, 0.29) is 23.9 Å². The number of benzene rings is 3. The topological polar surface area (TPSA) is 48.4 Å². The number of nitrogens with zero attached hydrogens (tertiary/aromatic N) is 1. The molecule has 1 saturated heterocycles. The molecule has 43 heavy (non-hydrogen) atoms. The standard InChI is InChI=1S/C31H31Cl2F6N3O/c32-27-7-6-21(16-28(27)33)26(10-13-42-11-8-25(9-12-42)41-24-4-2-1-3-5-24)29(40)19-43-18-20-14-22(30(34,35)36)17-23(15-20)31(37,38)39/h1-7,14-17,25-26,40-41H,8-13,18-19H2. The number of ether oxygens (including phenoxy) is 1. The van der Waals surface area contributed by atoms with Crippen LogP contribution in [-0.4, -0.2) is 42.9 Å². The van der Waals surface area contributed by atoms with E-state index >= 15 is 0 Å². The largest absolute Gasteiger partial charge is 0.416 e. The number of rotatable bonds is 11. The Labute approximate surface area is 256 Å². The summed E-state index contributed by atoms with van der Waals surface area (Å²) >= 11 is 12.3. The fourth-order valence-corrected chi connectivity index (χ4v) is 5.44. The summed E-state index contributed by atoms with van der Waals surface area (Å²) in [6.45, 7) is 1.59. The molecule has 0 spiro atoms. The average Bonchev–Trinajstić information content (AvgIpc) is 2.95. The summed E-state index contributed by atoms with van der Waals surface area (Å²) in [6.07, 6.45) is -7.46. The predicted octanol–water partition coefficient (Wildman–Crippen LogP) is 9.32. The Balaban J connectivity index is 1.39. The zero-order valence-electron chi connectivity index (χ0n) is 23.0. The van der Waals surface area contributed by atoms with Crippen molar-refractivity contribution in [1.29, 1.82) is 5.41 Å². The molecule has 4 nitrogen and oxygen atoms in total. The van der Waals surface area contributed by atoms with Gasteiger partial charge < -0.3 is 20.4 Å². The van der Waals surface area contributed by atoms with Gasteiger partial charge in [0.2, 0.25) is 0 Å². The normalized spacial score (nSPS) is 15.8. The molecule has 4 rings (SSSR count). The van der Waals surface area contributed by atoms with Crippen molar-refractivity contribution in [2.24, 2.45) is 0 Å². The van der Waals surface area contributed by atoms with E-state index in [1.165, 1.54) is 0 Å². The van der Waals surface area contributed by atoms with Gasteiger partial charge in [0.05, 0.1) is 34.4 Å². The Morgan fingerprint density at radius 3 is 2.09 bits per heavy atom. The van der Waals surface area contributed by atoms with Crippen molar-refractivity contribution in [1.82, 2.24) is 4.90 Å². The Hall–Kier alpha value is -2.79. The Morgan fingerprint density at radius 2 is 1.51 bits per heavy atom. The lowest BCUT2D eigenvalue weighted by Crippen LogP contribution is -2.40.